The molecule has 0 spiro atoms. The Kier molecular flexibility index (Phi) is 8.47. The normalized spacial score (nSPS) is 18.1. The van der Waals surface area contributed by atoms with Crippen LogP contribution in [0.2, 0.25) is 0 Å². The molecule has 0 atom stereocenters. The van der Waals surface area contributed by atoms with Gasteiger partial charge >= 0.3 is 6.36 Å². The highest BCUT2D eigenvalue weighted by molar-refractivity contribution is 5.94. The number of pyridine rings is 1. The lowest BCUT2D eigenvalue weighted by Crippen LogP contribution is -2.31. The maximum atomic E-state index is 13.7. The van der Waals surface area contributed by atoms with Crippen LogP contribution in [0.5, 0.6) is 5.75 Å². The van der Waals surface area contributed by atoms with Crippen LogP contribution in [0.1, 0.15) is 62.8 Å². The van der Waals surface area contributed by atoms with E-state index in [1.165, 1.54) is 24.3 Å². The molecule has 184 valence electrons. The third-order valence-electron chi connectivity index (χ3n) is 5.93. The van der Waals surface area contributed by atoms with Gasteiger partial charge < -0.3 is 10.1 Å². The smallest absolute Gasteiger partial charge is 0.406 e. The molecule has 1 amide bonds. The van der Waals surface area contributed by atoms with Crippen LogP contribution in [0.3, 0.4) is 0 Å². The van der Waals surface area contributed by atoms with Crippen molar-refractivity contribution in [1.82, 2.24) is 10.3 Å². The first kappa shape index (κ1) is 25.5. The van der Waals surface area contributed by atoms with Crippen LogP contribution in [-0.4, -0.2) is 23.8 Å². The van der Waals surface area contributed by atoms with Crippen LogP contribution in [0.25, 0.3) is 10.9 Å². The quantitative estimate of drug-likeness (QED) is 0.393. The van der Waals surface area contributed by atoms with Gasteiger partial charge in [-0.1, -0.05) is 13.8 Å². The van der Waals surface area contributed by atoms with Crippen molar-refractivity contribution in [1.29, 1.82) is 0 Å². The molecule has 0 unspecified atom stereocenters. The second-order valence-corrected chi connectivity index (χ2v) is 8.06. The number of nitrogens with zero attached hydrogens (tertiary/aromatic N) is 1. The first-order chi connectivity index (χ1) is 16.3. The maximum Gasteiger partial charge on any atom is 0.573 e. The number of halogens is 4. The first-order valence-corrected chi connectivity index (χ1v) is 11.5. The van der Waals surface area contributed by atoms with Crippen LogP contribution < -0.4 is 10.1 Å². The minimum absolute atomic E-state index is 0. The number of amides is 1. The molecule has 0 radical (unpaired) electrons. The van der Waals surface area contributed by atoms with E-state index in [4.69, 9.17) is 0 Å². The Bertz CT molecular complexity index is 1100. The summed E-state index contributed by atoms with van der Waals surface area (Å²) in [5.74, 6) is -0.346. The lowest BCUT2D eigenvalue weighted by atomic mass is 9.78. The van der Waals surface area contributed by atoms with E-state index in [1.54, 1.807) is 12.3 Å². The molecule has 1 heterocycles. The molecule has 1 fully saturated rings. The van der Waals surface area contributed by atoms with E-state index < -0.39 is 6.36 Å². The monoisotopic (exact) mass is 478 g/mol. The number of rotatable bonds is 5. The summed E-state index contributed by atoms with van der Waals surface area (Å²) in [5.41, 5.74) is 2.17. The van der Waals surface area contributed by atoms with Gasteiger partial charge in [0, 0.05) is 25.1 Å². The Hall–Kier alpha value is -3.16. The Balaban J connectivity index is 0.00000140. The number of nitrogens with one attached hydrogen (secondary N) is 1. The van der Waals surface area contributed by atoms with Crippen molar-refractivity contribution in [3.8, 4) is 5.75 Å². The number of ether oxygens (including phenoxy) is 1. The molecule has 34 heavy (non-hydrogen) atoms. The number of aromatic nitrogens is 1. The molecule has 0 saturated heterocycles. The lowest BCUT2D eigenvalue weighted by Gasteiger charge is -2.29. The van der Waals surface area contributed by atoms with Gasteiger partial charge in [0.25, 0.3) is 5.91 Å². The molecular formula is C26H30F4N2O2. The predicted molar refractivity (Wildman–Crippen MR) is 125 cm³/mol. The molecule has 8 heteroatoms. The van der Waals surface area contributed by atoms with Gasteiger partial charge in [-0.3, -0.25) is 9.78 Å². The molecular weight excluding hydrogens is 448 g/mol. The average molecular weight is 479 g/mol. The molecule has 0 aliphatic heterocycles. The number of hydrogen-bond donors (Lipinski definition) is 1. The fourth-order valence-corrected chi connectivity index (χ4v) is 4.32. The zero-order valence-electron chi connectivity index (χ0n) is 19.2. The van der Waals surface area contributed by atoms with Gasteiger partial charge in [0.1, 0.15) is 11.6 Å². The molecule has 1 N–H and O–H groups in total. The van der Waals surface area contributed by atoms with Crippen molar-refractivity contribution < 1.29 is 28.5 Å². The van der Waals surface area contributed by atoms with E-state index in [0.717, 1.165) is 54.3 Å². The second-order valence-electron chi connectivity index (χ2n) is 8.06. The summed E-state index contributed by atoms with van der Waals surface area (Å²) in [4.78, 5) is 16.6. The fraction of sp³-hybridized carbons (Fsp3) is 0.385. The highest BCUT2D eigenvalue weighted by Gasteiger charge is 2.31. The van der Waals surface area contributed by atoms with Gasteiger partial charge in [0.15, 0.2) is 0 Å². The molecule has 3 aromatic rings. The summed E-state index contributed by atoms with van der Waals surface area (Å²) < 4.78 is 54.3. The van der Waals surface area contributed by atoms with E-state index in [2.05, 4.69) is 15.0 Å². The van der Waals surface area contributed by atoms with Crippen molar-refractivity contribution in [3.63, 3.8) is 0 Å². The van der Waals surface area contributed by atoms with Crippen molar-refractivity contribution >= 4 is 16.8 Å². The third kappa shape index (κ3) is 6.68. The van der Waals surface area contributed by atoms with Gasteiger partial charge in [-0.15, -0.1) is 13.2 Å². The first-order valence-electron chi connectivity index (χ1n) is 11.5. The number of alkyl halides is 3. The minimum Gasteiger partial charge on any atom is -0.406 e. The number of carbonyl (C=O) groups excluding carboxylic acids is 1. The SMILES string of the molecule is CC.O=C(NCC1CCC(c2ccnc3ccc(F)cc23)CC1)c1ccc(OC(F)(F)F)cc1.[HH]. The van der Waals surface area contributed by atoms with Crippen LogP contribution in [0, 0.1) is 11.7 Å². The van der Waals surface area contributed by atoms with Gasteiger partial charge in [-0.25, -0.2) is 4.39 Å². The van der Waals surface area contributed by atoms with Gasteiger partial charge in [-0.2, -0.15) is 0 Å². The molecule has 1 saturated carbocycles. The van der Waals surface area contributed by atoms with Crippen molar-refractivity contribution in [2.45, 2.75) is 51.8 Å². The van der Waals surface area contributed by atoms with Crippen molar-refractivity contribution in [2.24, 2.45) is 5.92 Å². The summed E-state index contributed by atoms with van der Waals surface area (Å²) in [7, 11) is 0. The summed E-state index contributed by atoms with van der Waals surface area (Å²) >= 11 is 0. The van der Waals surface area contributed by atoms with E-state index in [-0.39, 0.29) is 24.5 Å². The summed E-state index contributed by atoms with van der Waals surface area (Å²) in [5, 5.41) is 3.72. The lowest BCUT2D eigenvalue weighted by molar-refractivity contribution is -0.274. The fourth-order valence-electron chi connectivity index (χ4n) is 4.32. The van der Waals surface area contributed by atoms with Crippen LogP contribution in [0.15, 0.2) is 54.7 Å². The van der Waals surface area contributed by atoms with Gasteiger partial charge in [0.05, 0.1) is 5.52 Å². The Labute approximate surface area is 197 Å². The van der Waals surface area contributed by atoms with E-state index in [9.17, 15) is 22.4 Å². The Morgan fingerprint density at radius 3 is 2.38 bits per heavy atom. The van der Waals surface area contributed by atoms with E-state index >= 15 is 0 Å². The highest BCUT2D eigenvalue weighted by Crippen LogP contribution is 2.38. The van der Waals surface area contributed by atoms with Crippen LogP contribution in [0.4, 0.5) is 17.6 Å². The predicted octanol–water partition coefficient (Wildman–Crippen LogP) is 7.25. The molecule has 2 aromatic carbocycles. The number of hydrogen-bond acceptors (Lipinski definition) is 3. The summed E-state index contributed by atoms with van der Waals surface area (Å²) in [6.45, 7) is 4.50. The largest absolute Gasteiger partial charge is 0.573 e. The standard InChI is InChI=1S/C24H22F4N2O2.C2H6.H2/c25-18-7-10-22-21(13-18)20(11-12-29-22)16-3-1-15(2-4-16)14-30-23(31)17-5-8-19(9-6-17)32-24(26,27)28;1-2;/h5-13,15-16H,1-4,14H2,(H,30,31);1-2H3;1H. The zero-order valence-corrected chi connectivity index (χ0v) is 19.2. The minimum atomic E-state index is -4.76. The summed E-state index contributed by atoms with van der Waals surface area (Å²) in [6, 6.07) is 11.5. The molecule has 4 rings (SSSR count). The average Bonchev–Trinajstić information content (AvgIpc) is 2.83. The van der Waals surface area contributed by atoms with Crippen LogP contribution in [-0.2, 0) is 0 Å². The number of carbonyl (C=O) groups is 1. The Morgan fingerprint density at radius 1 is 1.06 bits per heavy atom. The van der Waals surface area contributed by atoms with Gasteiger partial charge in [-0.05, 0) is 91.6 Å². The number of benzene rings is 2. The van der Waals surface area contributed by atoms with E-state index in [0.29, 0.717) is 18.4 Å². The van der Waals surface area contributed by atoms with Crippen molar-refractivity contribution in [3.05, 3.63) is 71.7 Å². The molecule has 0 bridgehead atoms. The van der Waals surface area contributed by atoms with Crippen molar-refractivity contribution in [2.75, 3.05) is 6.54 Å². The van der Waals surface area contributed by atoms with Gasteiger partial charge in [0.2, 0.25) is 0 Å². The molecule has 1 aliphatic carbocycles. The summed E-state index contributed by atoms with van der Waals surface area (Å²) in [6.07, 6.45) is 0.691. The third-order valence-corrected chi connectivity index (χ3v) is 5.93. The number of fused-ring (bicyclic) bond motifs is 1. The van der Waals surface area contributed by atoms with Crippen LogP contribution >= 0.6 is 0 Å². The highest BCUT2D eigenvalue weighted by atomic mass is 19.4. The Morgan fingerprint density at radius 2 is 1.74 bits per heavy atom. The zero-order chi connectivity index (χ0) is 24.7. The maximum absolute atomic E-state index is 13.7. The molecule has 1 aliphatic rings. The van der Waals surface area contributed by atoms with E-state index in [1.807, 2.05) is 19.9 Å². The second kappa shape index (κ2) is 11.3. The molecule has 4 nitrogen and oxygen atoms in total. The molecule has 1 aromatic heterocycles. The topological polar surface area (TPSA) is 51.2 Å².